The molecule has 1 N–H and O–H groups in total. The number of benzene rings is 2. The summed E-state index contributed by atoms with van der Waals surface area (Å²) in [7, 11) is 0. The molecule has 2 rings (SSSR count). The molecule has 0 aliphatic carbocycles. The standard InChI is InChI=1S/C14H11Cl2FO/c1-14(18,9-5-2-3-8-12(9)17)10-6-4-7-11(15)13(10)16/h2-8,18H,1H3. The molecule has 0 aromatic heterocycles. The van der Waals surface area contributed by atoms with E-state index >= 15 is 0 Å². The Hall–Kier alpha value is -1.09. The lowest BCUT2D eigenvalue weighted by molar-refractivity contribution is 0.0981. The van der Waals surface area contributed by atoms with E-state index in [1.165, 1.54) is 19.1 Å². The third-order valence-corrected chi connectivity index (χ3v) is 3.69. The van der Waals surface area contributed by atoms with Crippen molar-refractivity contribution in [2.75, 3.05) is 0 Å². The second-order valence-corrected chi connectivity index (χ2v) is 4.94. The molecule has 0 saturated heterocycles. The van der Waals surface area contributed by atoms with Gasteiger partial charge in [-0.2, -0.15) is 0 Å². The minimum atomic E-state index is -1.53. The first kappa shape index (κ1) is 13.3. The fraction of sp³-hybridized carbons (Fsp3) is 0.143. The minimum Gasteiger partial charge on any atom is -0.381 e. The molecule has 0 heterocycles. The average Bonchev–Trinajstić information content (AvgIpc) is 2.32. The fourth-order valence-corrected chi connectivity index (χ4v) is 2.37. The summed E-state index contributed by atoms with van der Waals surface area (Å²) in [5.41, 5.74) is -0.996. The molecule has 94 valence electrons. The van der Waals surface area contributed by atoms with Crippen LogP contribution in [0.3, 0.4) is 0 Å². The Balaban J connectivity index is 2.62. The zero-order valence-corrected chi connectivity index (χ0v) is 11.1. The Bertz CT molecular complexity index is 582. The van der Waals surface area contributed by atoms with E-state index in [4.69, 9.17) is 23.2 Å². The molecule has 0 aliphatic rings. The van der Waals surface area contributed by atoms with Gasteiger partial charge < -0.3 is 5.11 Å². The van der Waals surface area contributed by atoms with Gasteiger partial charge in [-0.15, -0.1) is 0 Å². The van der Waals surface area contributed by atoms with Crippen LogP contribution in [0.15, 0.2) is 42.5 Å². The fourth-order valence-electron chi connectivity index (χ4n) is 1.88. The van der Waals surface area contributed by atoms with E-state index in [2.05, 4.69) is 0 Å². The number of rotatable bonds is 2. The van der Waals surface area contributed by atoms with Crippen LogP contribution in [0, 0.1) is 5.82 Å². The molecule has 2 aromatic carbocycles. The summed E-state index contributed by atoms with van der Waals surface area (Å²) in [6, 6.07) is 10.9. The maximum absolute atomic E-state index is 13.8. The van der Waals surface area contributed by atoms with Crippen LogP contribution in [0.2, 0.25) is 10.0 Å². The summed E-state index contributed by atoms with van der Waals surface area (Å²) in [5.74, 6) is -0.487. The SMILES string of the molecule is CC(O)(c1ccccc1F)c1cccc(Cl)c1Cl. The predicted octanol–water partition coefficient (Wildman–Crippen LogP) is 4.39. The van der Waals surface area contributed by atoms with Gasteiger partial charge in [0.15, 0.2) is 0 Å². The van der Waals surface area contributed by atoms with E-state index in [0.29, 0.717) is 10.6 Å². The van der Waals surface area contributed by atoms with Crippen LogP contribution >= 0.6 is 23.2 Å². The molecule has 4 heteroatoms. The Labute approximate surface area is 115 Å². The zero-order chi connectivity index (χ0) is 13.3. The summed E-state index contributed by atoms with van der Waals surface area (Å²) < 4.78 is 13.8. The molecule has 0 spiro atoms. The third-order valence-electron chi connectivity index (χ3n) is 2.87. The van der Waals surface area contributed by atoms with Crippen LogP contribution in [0.4, 0.5) is 4.39 Å². The summed E-state index contributed by atoms with van der Waals surface area (Å²) >= 11 is 12.0. The van der Waals surface area contributed by atoms with Gasteiger partial charge in [0.25, 0.3) is 0 Å². The van der Waals surface area contributed by atoms with Crippen LogP contribution < -0.4 is 0 Å². The van der Waals surface area contributed by atoms with Gasteiger partial charge in [-0.3, -0.25) is 0 Å². The molecule has 0 amide bonds. The van der Waals surface area contributed by atoms with E-state index in [-0.39, 0.29) is 10.6 Å². The Morgan fingerprint density at radius 1 is 1.00 bits per heavy atom. The lowest BCUT2D eigenvalue weighted by Gasteiger charge is -2.26. The van der Waals surface area contributed by atoms with Crippen LogP contribution in [0.5, 0.6) is 0 Å². The van der Waals surface area contributed by atoms with Crippen molar-refractivity contribution < 1.29 is 9.50 Å². The van der Waals surface area contributed by atoms with Gasteiger partial charge in [0.05, 0.1) is 10.0 Å². The third kappa shape index (κ3) is 2.24. The maximum Gasteiger partial charge on any atom is 0.129 e. The van der Waals surface area contributed by atoms with E-state index in [1.807, 2.05) is 0 Å². The Kier molecular flexibility index (Phi) is 3.62. The number of aliphatic hydroxyl groups is 1. The van der Waals surface area contributed by atoms with Crippen molar-refractivity contribution >= 4 is 23.2 Å². The van der Waals surface area contributed by atoms with Crippen LogP contribution in [-0.4, -0.2) is 5.11 Å². The molecule has 0 saturated carbocycles. The summed E-state index contributed by atoms with van der Waals surface area (Å²) in [6.07, 6.45) is 0. The first-order valence-corrected chi connectivity index (χ1v) is 6.12. The van der Waals surface area contributed by atoms with Crippen molar-refractivity contribution in [1.82, 2.24) is 0 Å². The monoisotopic (exact) mass is 284 g/mol. The molecule has 1 nitrogen and oxygen atoms in total. The maximum atomic E-state index is 13.8. The molecular formula is C14H11Cl2FO. The molecule has 2 aromatic rings. The van der Waals surface area contributed by atoms with Crippen molar-refractivity contribution in [3.8, 4) is 0 Å². The molecule has 0 aliphatic heterocycles. The predicted molar refractivity (Wildman–Crippen MR) is 71.5 cm³/mol. The second kappa shape index (κ2) is 4.88. The van der Waals surface area contributed by atoms with E-state index in [1.54, 1.807) is 30.3 Å². The van der Waals surface area contributed by atoms with Crippen molar-refractivity contribution in [2.24, 2.45) is 0 Å². The van der Waals surface area contributed by atoms with E-state index in [0.717, 1.165) is 0 Å². The van der Waals surface area contributed by atoms with Gasteiger partial charge in [-0.25, -0.2) is 4.39 Å². The Morgan fingerprint density at radius 2 is 1.61 bits per heavy atom. The summed E-state index contributed by atoms with van der Waals surface area (Å²) in [6.45, 7) is 1.49. The quantitative estimate of drug-likeness (QED) is 0.867. The highest BCUT2D eigenvalue weighted by atomic mass is 35.5. The van der Waals surface area contributed by atoms with Gasteiger partial charge in [0.2, 0.25) is 0 Å². The molecule has 18 heavy (non-hydrogen) atoms. The smallest absolute Gasteiger partial charge is 0.129 e. The van der Waals surface area contributed by atoms with E-state index < -0.39 is 11.4 Å². The van der Waals surface area contributed by atoms with Gasteiger partial charge in [0.1, 0.15) is 11.4 Å². The molecular weight excluding hydrogens is 274 g/mol. The Morgan fingerprint density at radius 3 is 2.28 bits per heavy atom. The lowest BCUT2D eigenvalue weighted by Crippen LogP contribution is -2.24. The molecule has 1 unspecified atom stereocenters. The van der Waals surface area contributed by atoms with Crippen molar-refractivity contribution in [1.29, 1.82) is 0 Å². The lowest BCUT2D eigenvalue weighted by atomic mass is 9.88. The molecule has 0 bridgehead atoms. The van der Waals surface area contributed by atoms with Crippen molar-refractivity contribution in [3.63, 3.8) is 0 Å². The van der Waals surface area contributed by atoms with Crippen LogP contribution in [-0.2, 0) is 5.60 Å². The molecule has 0 radical (unpaired) electrons. The first-order chi connectivity index (χ1) is 8.44. The topological polar surface area (TPSA) is 20.2 Å². The molecule has 0 fully saturated rings. The zero-order valence-electron chi connectivity index (χ0n) is 9.62. The van der Waals surface area contributed by atoms with Gasteiger partial charge >= 0.3 is 0 Å². The number of hydrogen-bond acceptors (Lipinski definition) is 1. The van der Waals surface area contributed by atoms with Crippen molar-refractivity contribution in [2.45, 2.75) is 12.5 Å². The number of hydrogen-bond donors (Lipinski definition) is 1. The highest BCUT2D eigenvalue weighted by Gasteiger charge is 2.31. The first-order valence-electron chi connectivity index (χ1n) is 5.36. The highest BCUT2D eigenvalue weighted by Crippen LogP contribution is 2.37. The van der Waals surface area contributed by atoms with Crippen LogP contribution in [0.25, 0.3) is 0 Å². The van der Waals surface area contributed by atoms with Gasteiger partial charge in [-0.1, -0.05) is 53.5 Å². The van der Waals surface area contributed by atoms with Crippen molar-refractivity contribution in [3.05, 3.63) is 69.5 Å². The minimum absolute atomic E-state index is 0.161. The largest absolute Gasteiger partial charge is 0.381 e. The average molecular weight is 285 g/mol. The summed E-state index contributed by atoms with van der Waals surface area (Å²) in [5, 5.41) is 11.1. The second-order valence-electron chi connectivity index (χ2n) is 4.15. The molecule has 1 atom stereocenters. The highest BCUT2D eigenvalue weighted by molar-refractivity contribution is 6.42. The number of halogens is 3. The van der Waals surface area contributed by atoms with E-state index in [9.17, 15) is 9.50 Å². The van der Waals surface area contributed by atoms with Gasteiger partial charge in [-0.05, 0) is 19.1 Å². The summed E-state index contributed by atoms with van der Waals surface area (Å²) in [4.78, 5) is 0. The van der Waals surface area contributed by atoms with Crippen LogP contribution in [0.1, 0.15) is 18.1 Å². The van der Waals surface area contributed by atoms with Gasteiger partial charge in [0, 0.05) is 11.1 Å². The normalized spacial score (nSPS) is 14.3.